The lowest BCUT2D eigenvalue weighted by molar-refractivity contribution is 0.160. The quantitative estimate of drug-likeness (QED) is 0.758. The van der Waals surface area contributed by atoms with Crippen molar-refractivity contribution in [2.75, 3.05) is 19.6 Å². The number of likely N-dealkylation sites (tertiary alicyclic amines) is 1. The van der Waals surface area contributed by atoms with E-state index in [1.54, 1.807) is 6.20 Å². The van der Waals surface area contributed by atoms with Crippen LogP contribution < -0.4 is 5.32 Å². The maximum atomic E-state index is 12.5. The zero-order chi connectivity index (χ0) is 18.5. The van der Waals surface area contributed by atoms with Crippen LogP contribution in [0.4, 0.5) is 4.79 Å². The first-order chi connectivity index (χ1) is 13.3. The standard InChI is InChI=1S/C21H25N5O/c27-21(23-12-10-17-6-2-1-3-7-17)25-13-5-8-18(14-25)15-26-16-24-19-9-4-11-22-20(19)26/h1-4,6-7,9,11,16,18H,5,8,10,12-15H2,(H,23,27). The fourth-order valence-electron chi connectivity index (χ4n) is 3.78. The molecule has 0 spiro atoms. The van der Waals surface area contributed by atoms with E-state index in [9.17, 15) is 4.79 Å². The van der Waals surface area contributed by atoms with Crippen LogP contribution in [-0.2, 0) is 13.0 Å². The lowest BCUT2D eigenvalue weighted by Crippen LogP contribution is -2.46. The number of pyridine rings is 1. The second-order valence-corrected chi connectivity index (χ2v) is 7.16. The molecule has 140 valence electrons. The number of amides is 2. The molecule has 27 heavy (non-hydrogen) atoms. The van der Waals surface area contributed by atoms with Crippen molar-refractivity contribution in [3.63, 3.8) is 0 Å². The first-order valence-corrected chi connectivity index (χ1v) is 9.62. The smallest absolute Gasteiger partial charge is 0.317 e. The Morgan fingerprint density at radius 3 is 2.93 bits per heavy atom. The molecule has 0 aliphatic carbocycles. The molecule has 6 nitrogen and oxygen atoms in total. The van der Waals surface area contributed by atoms with Gasteiger partial charge in [-0.2, -0.15) is 0 Å². The van der Waals surface area contributed by atoms with Crippen LogP contribution in [0.3, 0.4) is 0 Å². The number of piperidine rings is 1. The van der Waals surface area contributed by atoms with Crippen molar-refractivity contribution in [1.29, 1.82) is 0 Å². The Bertz CT molecular complexity index is 892. The van der Waals surface area contributed by atoms with Crippen LogP contribution in [0, 0.1) is 5.92 Å². The summed E-state index contributed by atoms with van der Waals surface area (Å²) < 4.78 is 2.11. The van der Waals surface area contributed by atoms with Gasteiger partial charge in [0.25, 0.3) is 0 Å². The van der Waals surface area contributed by atoms with E-state index in [0.717, 1.165) is 50.1 Å². The fourth-order valence-corrected chi connectivity index (χ4v) is 3.78. The van der Waals surface area contributed by atoms with Crippen molar-refractivity contribution in [2.24, 2.45) is 5.92 Å². The number of hydrogen-bond donors (Lipinski definition) is 1. The Morgan fingerprint density at radius 1 is 1.15 bits per heavy atom. The number of nitrogens with zero attached hydrogens (tertiary/aromatic N) is 4. The average molecular weight is 363 g/mol. The van der Waals surface area contributed by atoms with Crippen LogP contribution in [0.25, 0.3) is 11.2 Å². The number of imidazole rings is 1. The van der Waals surface area contributed by atoms with Crippen molar-refractivity contribution >= 4 is 17.2 Å². The molecule has 3 heterocycles. The Morgan fingerprint density at radius 2 is 2.04 bits per heavy atom. The van der Waals surface area contributed by atoms with Gasteiger partial charge in [0.05, 0.1) is 6.33 Å². The van der Waals surface area contributed by atoms with Gasteiger partial charge in [0.1, 0.15) is 5.52 Å². The van der Waals surface area contributed by atoms with E-state index < -0.39 is 0 Å². The highest BCUT2D eigenvalue weighted by Gasteiger charge is 2.24. The molecule has 1 fully saturated rings. The number of urea groups is 1. The number of nitrogens with one attached hydrogen (secondary N) is 1. The molecule has 1 atom stereocenters. The molecular weight excluding hydrogens is 338 g/mol. The molecule has 6 heteroatoms. The summed E-state index contributed by atoms with van der Waals surface area (Å²) in [6.07, 6.45) is 6.68. The van der Waals surface area contributed by atoms with E-state index in [1.165, 1.54) is 5.56 Å². The highest BCUT2D eigenvalue weighted by Crippen LogP contribution is 2.20. The van der Waals surface area contributed by atoms with Gasteiger partial charge in [0.15, 0.2) is 5.65 Å². The molecule has 1 aliphatic rings. The normalized spacial score (nSPS) is 17.2. The third kappa shape index (κ3) is 4.27. The van der Waals surface area contributed by atoms with Gasteiger partial charge >= 0.3 is 6.03 Å². The second kappa shape index (κ2) is 8.20. The summed E-state index contributed by atoms with van der Waals surface area (Å²) in [5.74, 6) is 0.429. The molecule has 1 saturated heterocycles. The minimum atomic E-state index is 0.0456. The van der Waals surface area contributed by atoms with Gasteiger partial charge < -0.3 is 14.8 Å². The maximum absolute atomic E-state index is 12.5. The molecule has 1 aromatic carbocycles. The summed E-state index contributed by atoms with van der Waals surface area (Å²) in [6, 6.07) is 14.2. The molecular formula is C21H25N5O. The van der Waals surface area contributed by atoms with Gasteiger partial charge in [0.2, 0.25) is 0 Å². The van der Waals surface area contributed by atoms with Crippen molar-refractivity contribution in [2.45, 2.75) is 25.8 Å². The number of aromatic nitrogens is 3. The predicted octanol–water partition coefficient (Wildman–Crippen LogP) is 3.10. The lowest BCUT2D eigenvalue weighted by Gasteiger charge is -2.33. The largest absolute Gasteiger partial charge is 0.338 e. The van der Waals surface area contributed by atoms with Crippen molar-refractivity contribution in [3.05, 3.63) is 60.6 Å². The van der Waals surface area contributed by atoms with E-state index in [1.807, 2.05) is 41.6 Å². The minimum Gasteiger partial charge on any atom is -0.338 e. The van der Waals surface area contributed by atoms with Crippen LogP contribution in [0.5, 0.6) is 0 Å². The van der Waals surface area contributed by atoms with Gasteiger partial charge in [0, 0.05) is 32.4 Å². The number of benzene rings is 1. The summed E-state index contributed by atoms with van der Waals surface area (Å²) in [5.41, 5.74) is 3.08. The number of carbonyl (C=O) groups excluding carboxylic acids is 1. The molecule has 2 aromatic heterocycles. The monoisotopic (exact) mass is 363 g/mol. The maximum Gasteiger partial charge on any atom is 0.317 e. The number of hydrogen-bond acceptors (Lipinski definition) is 3. The van der Waals surface area contributed by atoms with Crippen molar-refractivity contribution in [3.8, 4) is 0 Å². The van der Waals surface area contributed by atoms with E-state index in [0.29, 0.717) is 12.5 Å². The Balaban J connectivity index is 1.30. The van der Waals surface area contributed by atoms with Crippen molar-refractivity contribution in [1.82, 2.24) is 24.8 Å². The summed E-state index contributed by atoms with van der Waals surface area (Å²) in [5, 5.41) is 3.07. The van der Waals surface area contributed by atoms with Crippen LogP contribution in [-0.4, -0.2) is 45.1 Å². The summed E-state index contributed by atoms with van der Waals surface area (Å²) in [6.45, 7) is 3.13. The van der Waals surface area contributed by atoms with Crippen molar-refractivity contribution < 1.29 is 4.79 Å². The van der Waals surface area contributed by atoms with E-state index >= 15 is 0 Å². The second-order valence-electron chi connectivity index (χ2n) is 7.16. The van der Waals surface area contributed by atoms with Gasteiger partial charge in [-0.25, -0.2) is 14.8 Å². The molecule has 0 bridgehead atoms. The van der Waals surface area contributed by atoms with Crippen LogP contribution >= 0.6 is 0 Å². The van der Waals surface area contributed by atoms with Gasteiger partial charge in [-0.15, -0.1) is 0 Å². The summed E-state index contributed by atoms with van der Waals surface area (Å²) in [7, 11) is 0. The van der Waals surface area contributed by atoms with Crippen LogP contribution in [0.15, 0.2) is 55.0 Å². The van der Waals surface area contributed by atoms with Crippen LogP contribution in [0.1, 0.15) is 18.4 Å². The first-order valence-electron chi connectivity index (χ1n) is 9.62. The predicted molar refractivity (Wildman–Crippen MR) is 105 cm³/mol. The fraction of sp³-hybridized carbons (Fsp3) is 0.381. The van der Waals surface area contributed by atoms with E-state index in [2.05, 4.69) is 32.0 Å². The SMILES string of the molecule is O=C(NCCc1ccccc1)N1CCCC(Cn2cnc3cccnc32)C1. The van der Waals surface area contributed by atoms with Gasteiger partial charge in [-0.3, -0.25) is 0 Å². The third-order valence-corrected chi connectivity index (χ3v) is 5.17. The zero-order valence-electron chi connectivity index (χ0n) is 15.4. The summed E-state index contributed by atoms with van der Waals surface area (Å²) in [4.78, 5) is 23.3. The average Bonchev–Trinajstić information content (AvgIpc) is 3.12. The molecule has 1 N–H and O–H groups in total. The number of fused-ring (bicyclic) bond motifs is 1. The highest BCUT2D eigenvalue weighted by atomic mass is 16.2. The Labute approximate surface area is 159 Å². The molecule has 1 aliphatic heterocycles. The zero-order valence-corrected chi connectivity index (χ0v) is 15.4. The summed E-state index contributed by atoms with van der Waals surface area (Å²) >= 11 is 0. The third-order valence-electron chi connectivity index (χ3n) is 5.17. The molecule has 0 saturated carbocycles. The minimum absolute atomic E-state index is 0.0456. The number of carbonyl (C=O) groups is 1. The number of rotatable bonds is 5. The first kappa shape index (κ1) is 17.5. The van der Waals surface area contributed by atoms with E-state index in [4.69, 9.17) is 0 Å². The lowest BCUT2D eigenvalue weighted by atomic mass is 9.98. The molecule has 4 rings (SSSR count). The molecule has 0 radical (unpaired) electrons. The highest BCUT2D eigenvalue weighted by molar-refractivity contribution is 5.74. The molecule has 1 unspecified atom stereocenters. The topological polar surface area (TPSA) is 63.1 Å². The van der Waals surface area contributed by atoms with Gasteiger partial charge in [-0.1, -0.05) is 30.3 Å². The molecule has 2 amide bonds. The Hall–Kier alpha value is -2.89. The Kier molecular flexibility index (Phi) is 5.32. The van der Waals surface area contributed by atoms with E-state index in [-0.39, 0.29) is 6.03 Å². The van der Waals surface area contributed by atoms with Crippen LogP contribution in [0.2, 0.25) is 0 Å². The molecule has 3 aromatic rings. The van der Waals surface area contributed by atoms with Gasteiger partial charge in [-0.05, 0) is 42.9 Å².